The molecule has 0 aliphatic heterocycles. The average Bonchev–Trinajstić information content (AvgIpc) is 1.89. The zero-order valence-electron chi connectivity index (χ0n) is 7.18. The Bertz CT molecular complexity index is 86.7. The highest BCUT2D eigenvalue weighted by molar-refractivity contribution is 5.50. The van der Waals surface area contributed by atoms with Crippen LogP contribution in [0.4, 0.5) is 0 Å². The van der Waals surface area contributed by atoms with E-state index in [-0.39, 0.29) is 0 Å². The van der Waals surface area contributed by atoms with Gasteiger partial charge in [0.1, 0.15) is 0 Å². The molecule has 0 fully saturated rings. The van der Waals surface area contributed by atoms with E-state index >= 15 is 0 Å². The number of rotatable bonds is 5. The third-order valence-corrected chi connectivity index (χ3v) is 2.08. The van der Waals surface area contributed by atoms with Crippen LogP contribution < -0.4 is 0 Å². The SMILES string of the molecule is CCC(CC[C]=O)C(C)C. The molecule has 0 aliphatic rings. The molecule has 10 heavy (non-hydrogen) atoms. The summed E-state index contributed by atoms with van der Waals surface area (Å²) < 4.78 is 0. The molecule has 0 aromatic heterocycles. The Balaban J connectivity index is 3.49. The van der Waals surface area contributed by atoms with Crippen molar-refractivity contribution in [3.8, 4) is 0 Å². The molecule has 0 spiro atoms. The molecule has 0 saturated heterocycles. The minimum Gasteiger partial charge on any atom is -0.291 e. The Morgan fingerprint density at radius 3 is 2.30 bits per heavy atom. The topological polar surface area (TPSA) is 17.1 Å². The number of hydrogen-bond acceptors (Lipinski definition) is 1. The van der Waals surface area contributed by atoms with Crippen LogP contribution in [0.5, 0.6) is 0 Å². The van der Waals surface area contributed by atoms with Gasteiger partial charge in [-0.1, -0.05) is 27.2 Å². The third-order valence-electron chi connectivity index (χ3n) is 2.08. The van der Waals surface area contributed by atoms with Crippen LogP contribution >= 0.6 is 0 Å². The van der Waals surface area contributed by atoms with Crippen LogP contribution in [0.1, 0.15) is 40.0 Å². The van der Waals surface area contributed by atoms with Gasteiger partial charge in [-0.05, 0) is 18.3 Å². The third kappa shape index (κ3) is 3.65. The summed E-state index contributed by atoms with van der Waals surface area (Å²) in [4.78, 5) is 9.92. The summed E-state index contributed by atoms with van der Waals surface area (Å²) >= 11 is 0. The Labute approximate surface area is 63.8 Å². The maximum atomic E-state index is 9.92. The largest absolute Gasteiger partial charge is 0.291 e. The highest BCUT2D eigenvalue weighted by Crippen LogP contribution is 2.19. The van der Waals surface area contributed by atoms with E-state index in [4.69, 9.17) is 0 Å². The molecule has 0 rings (SSSR count). The smallest absolute Gasteiger partial charge is 0.198 e. The minimum absolute atomic E-state index is 0.608. The summed E-state index contributed by atoms with van der Waals surface area (Å²) in [6, 6.07) is 0. The lowest BCUT2D eigenvalue weighted by Gasteiger charge is -2.16. The van der Waals surface area contributed by atoms with Gasteiger partial charge in [0, 0.05) is 6.42 Å². The zero-order valence-corrected chi connectivity index (χ0v) is 7.18. The quantitative estimate of drug-likeness (QED) is 0.575. The zero-order chi connectivity index (χ0) is 7.98. The van der Waals surface area contributed by atoms with Crippen molar-refractivity contribution in [2.45, 2.75) is 40.0 Å². The normalized spacial score (nSPS) is 13.6. The first-order valence-corrected chi connectivity index (χ1v) is 4.07. The predicted molar refractivity (Wildman–Crippen MR) is 43.5 cm³/mol. The van der Waals surface area contributed by atoms with Gasteiger partial charge < -0.3 is 0 Å². The van der Waals surface area contributed by atoms with Gasteiger partial charge in [0.15, 0.2) is 6.29 Å². The summed E-state index contributed by atoms with van der Waals surface area (Å²) in [5.41, 5.74) is 0. The summed E-state index contributed by atoms with van der Waals surface area (Å²) in [5, 5.41) is 0. The first-order valence-electron chi connectivity index (χ1n) is 4.07. The lowest BCUT2D eigenvalue weighted by atomic mass is 9.89. The second kappa shape index (κ2) is 5.45. The van der Waals surface area contributed by atoms with Crippen molar-refractivity contribution >= 4 is 6.29 Å². The van der Waals surface area contributed by atoms with Gasteiger partial charge in [0.05, 0.1) is 0 Å². The lowest BCUT2D eigenvalue weighted by Crippen LogP contribution is -2.07. The molecule has 0 amide bonds. The Morgan fingerprint density at radius 1 is 1.40 bits per heavy atom. The number of carbonyl (C=O) groups excluding carboxylic acids is 1. The summed E-state index contributed by atoms with van der Waals surface area (Å²) in [7, 11) is 0. The molecule has 1 heteroatoms. The van der Waals surface area contributed by atoms with Crippen LogP contribution in [0.25, 0.3) is 0 Å². The summed E-state index contributed by atoms with van der Waals surface area (Å²) in [6.07, 6.45) is 4.74. The molecule has 1 unspecified atom stereocenters. The monoisotopic (exact) mass is 141 g/mol. The van der Waals surface area contributed by atoms with E-state index in [1.165, 1.54) is 6.42 Å². The van der Waals surface area contributed by atoms with Gasteiger partial charge in [-0.2, -0.15) is 0 Å². The van der Waals surface area contributed by atoms with E-state index in [0.29, 0.717) is 18.3 Å². The van der Waals surface area contributed by atoms with Crippen molar-refractivity contribution < 1.29 is 4.79 Å². The Hall–Kier alpha value is -0.330. The second-order valence-corrected chi connectivity index (χ2v) is 3.10. The molecule has 0 aromatic rings. The summed E-state index contributed by atoms with van der Waals surface area (Å²) in [5.74, 6) is 1.42. The molecule has 0 aromatic carbocycles. The van der Waals surface area contributed by atoms with Crippen LogP contribution in [0, 0.1) is 11.8 Å². The average molecular weight is 141 g/mol. The maximum Gasteiger partial charge on any atom is 0.198 e. The lowest BCUT2D eigenvalue weighted by molar-refractivity contribution is 0.352. The molecule has 59 valence electrons. The van der Waals surface area contributed by atoms with E-state index in [9.17, 15) is 4.79 Å². The molecule has 1 radical (unpaired) electrons. The number of hydrogen-bond donors (Lipinski definition) is 0. The first kappa shape index (κ1) is 9.67. The van der Waals surface area contributed by atoms with Crippen molar-refractivity contribution in [1.29, 1.82) is 0 Å². The van der Waals surface area contributed by atoms with E-state index in [1.54, 1.807) is 0 Å². The molecule has 0 N–H and O–H groups in total. The fourth-order valence-electron chi connectivity index (χ4n) is 1.25. The van der Waals surface area contributed by atoms with Crippen LogP contribution in [0.15, 0.2) is 0 Å². The van der Waals surface area contributed by atoms with E-state index in [1.807, 2.05) is 6.29 Å². The van der Waals surface area contributed by atoms with Crippen LogP contribution in [0.2, 0.25) is 0 Å². The van der Waals surface area contributed by atoms with Gasteiger partial charge in [-0.15, -0.1) is 0 Å². The minimum atomic E-state index is 0.608. The Kier molecular flexibility index (Phi) is 5.27. The highest BCUT2D eigenvalue weighted by atomic mass is 16.1. The van der Waals surface area contributed by atoms with E-state index < -0.39 is 0 Å². The molecule has 0 saturated carbocycles. The fourth-order valence-corrected chi connectivity index (χ4v) is 1.25. The predicted octanol–water partition coefficient (Wildman–Crippen LogP) is 2.56. The van der Waals surface area contributed by atoms with Crippen LogP contribution in [-0.4, -0.2) is 6.29 Å². The standard InChI is InChI=1S/C9H17O/c1-4-9(8(2)3)6-5-7-10/h8-9H,4-6H2,1-3H3. The van der Waals surface area contributed by atoms with Crippen LogP contribution in [0.3, 0.4) is 0 Å². The Morgan fingerprint density at radius 2 is 2.00 bits per heavy atom. The molecular weight excluding hydrogens is 124 g/mol. The van der Waals surface area contributed by atoms with E-state index in [2.05, 4.69) is 20.8 Å². The van der Waals surface area contributed by atoms with Crippen molar-refractivity contribution in [3.05, 3.63) is 0 Å². The van der Waals surface area contributed by atoms with Gasteiger partial charge in [0.25, 0.3) is 0 Å². The van der Waals surface area contributed by atoms with E-state index in [0.717, 1.165) is 6.42 Å². The second-order valence-electron chi connectivity index (χ2n) is 3.10. The molecule has 1 atom stereocenters. The van der Waals surface area contributed by atoms with Crippen molar-refractivity contribution in [3.63, 3.8) is 0 Å². The molecule has 0 heterocycles. The van der Waals surface area contributed by atoms with Crippen molar-refractivity contribution in [2.24, 2.45) is 11.8 Å². The maximum absolute atomic E-state index is 9.92. The van der Waals surface area contributed by atoms with Gasteiger partial charge in [0.2, 0.25) is 0 Å². The molecule has 1 nitrogen and oxygen atoms in total. The van der Waals surface area contributed by atoms with Gasteiger partial charge in [-0.25, -0.2) is 0 Å². The van der Waals surface area contributed by atoms with Crippen LogP contribution in [-0.2, 0) is 4.79 Å². The molecule has 0 aliphatic carbocycles. The van der Waals surface area contributed by atoms with Crippen molar-refractivity contribution in [2.75, 3.05) is 0 Å². The van der Waals surface area contributed by atoms with Crippen molar-refractivity contribution in [1.82, 2.24) is 0 Å². The first-order chi connectivity index (χ1) is 4.72. The summed E-state index contributed by atoms with van der Waals surface area (Å²) in [6.45, 7) is 6.59. The molecule has 0 bridgehead atoms. The van der Waals surface area contributed by atoms with Gasteiger partial charge in [-0.3, -0.25) is 4.79 Å². The van der Waals surface area contributed by atoms with Gasteiger partial charge >= 0.3 is 0 Å². The highest BCUT2D eigenvalue weighted by Gasteiger charge is 2.09. The molecular formula is C9H17O. The fraction of sp³-hybridized carbons (Fsp3) is 0.889.